The zero-order valence-electron chi connectivity index (χ0n) is 12.7. The fourth-order valence-electron chi connectivity index (χ4n) is 1.71. The van der Waals surface area contributed by atoms with Gasteiger partial charge in [0, 0.05) is 24.3 Å². The van der Waals surface area contributed by atoms with Gasteiger partial charge in [0.05, 0.1) is 16.1 Å². The van der Waals surface area contributed by atoms with Crippen molar-refractivity contribution in [3.05, 3.63) is 74.3 Å². The van der Waals surface area contributed by atoms with Crippen LogP contribution in [0.1, 0.15) is 5.56 Å². The molecule has 10 nitrogen and oxygen atoms in total. The van der Waals surface area contributed by atoms with Crippen molar-refractivity contribution in [2.75, 3.05) is 6.61 Å². The van der Waals surface area contributed by atoms with Crippen molar-refractivity contribution < 1.29 is 19.4 Å². The molecule has 0 heterocycles. The van der Waals surface area contributed by atoms with E-state index in [0.717, 1.165) is 0 Å². The number of hydrogen-bond donors (Lipinski definition) is 1. The van der Waals surface area contributed by atoms with Gasteiger partial charge in [-0.15, -0.1) is 0 Å². The Labute approximate surface area is 141 Å². The molecule has 0 aliphatic rings. The van der Waals surface area contributed by atoms with Crippen LogP contribution in [0.25, 0.3) is 0 Å². The van der Waals surface area contributed by atoms with Crippen molar-refractivity contribution in [2.45, 2.75) is 0 Å². The molecule has 10 heteroatoms. The predicted octanol–water partition coefficient (Wildman–Crippen LogP) is 2.03. The van der Waals surface area contributed by atoms with E-state index in [1.165, 1.54) is 54.7 Å². The van der Waals surface area contributed by atoms with Crippen LogP contribution < -0.4 is 10.2 Å². The average Bonchev–Trinajstić information content (AvgIpc) is 2.60. The molecule has 0 aromatic heterocycles. The van der Waals surface area contributed by atoms with E-state index in [-0.39, 0.29) is 18.0 Å². The molecule has 2 aromatic rings. The third-order valence-electron chi connectivity index (χ3n) is 2.92. The zero-order chi connectivity index (χ0) is 18.2. The molecular weight excluding hydrogens is 332 g/mol. The first kappa shape index (κ1) is 17.5. The number of nitrogens with one attached hydrogen (secondary N) is 1. The number of nitrogens with zero attached hydrogens (tertiary/aromatic N) is 3. The molecule has 25 heavy (non-hydrogen) atoms. The number of nitro benzene ring substituents is 2. The molecule has 0 radical (unpaired) electrons. The highest BCUT2D eigenvalue weighted by Crippen LogP contribution is 2.17. The number of amides is 1. The Bertz CT molecular complexity index is 802. The standard InChI is InChI=1S/C15H12N4O6/c20-15(10-25-14-7-5-13(6-8-14)19(23)24)17-16-9-11-1-3-12(4-2-11)18(21)22/h1-9H,10H2,(H,17,20)/b16-9+. The number of hydrogen-bond acceptors (Lipinski definition) is 7. The van der Waals surface area contributed by atoms with E-state index >= 15 is 0 Å². The number of rotatable bonds is 7. The molecule has 0 saturated carbocycles. The van der Waals surface area contributed by atoms with Gasteiger partial charge in [-0.25, -0.2) is 5.43 Å². The Hall–Kier alpha value is -3.82. The second-order valence-corrected chi connectivity index (χ2v) is 4.68. The molecule has 2 rings (SSSR count). The minimum atomic E-state index is -0.538. The maximum atomic E-state index is 11.6. The molecule has 0 aliphatic carbocycles. The fraction of sp³-hybridized carbons (Fsp3) is 0.0667. The summed E-state index contributed by atoms with van der Waals surface area (Å²) in [6, 6.07) is 10.9. The molecule has 0 atom stereocenters. The maximum absolute atomic E-state index is 11.6. The Morgan fingerprint density at radius 1 is 1.00 bits per heavy atom. The lowest BCUT2D eigenvalue weighted by Gasteiger charge is -2.04. The van der Waals surface area contributed by atoms with E-state index in [4.69, 9.17) is 4.74 Å². The van der Waals surface area contributed by atoms with Crippen LogP contribution >= 0.6 is 0 Å². The summed E-state index contributed by atoms with van der Waals surface area (Å²) in [6.07, 6.45) is 1.33. The zero-order valence-corrected chi connectivity index (χ0v) is 12.7. The van der Waals surface area contributed by atoms with Gasteiger partial charge in [-0.05, 0) is 29.8 Å². The molecule has 0 saturated heterocycles. The Morgan fingerprint density at radius 3 is 2.04 bits per heavy atom. The van der Waals surface area contributed by atoms with Gasteiger partial charge in [0.1, 0.15) is 5.75 Å². The first-order valence-corrected chi connectivity index (χ1v) is 6.89. The van der Waals surface area contributed by atoms with Crippen LogP contribution in [-0.2, 0) is 4.79 Å². The lowest BCUT2D eigenvalue weighted by Crippen LogP contribution is -2.24. The molecule has 0 bridgehead atoms. The number of ether oxygens (including phenoxy) is 1. The quantitative estimate of drug-likeness (QED) is 0.463. The van der Waals surface area contributed by atoms with Crippen LogP contribution in [0.4, 0.5) is 11.4 Å². The normalized spacial score (nSPS) is 10.4. The summed E-state index contributed by atoms with van der Waals surface area (Å²) in [5.41, 5.74) is 2.68. The smallest absolute Gasteiger partial charge is 0.277 e. The molecular formula is C15H12N4O6. The maximum Gasteiger partial charge on any atom is 0.277 e. The van der Waals surface area contributed by atoms with E-state index in [1.54, 1.807) is 0 Å². The van der Waals surface area contributed by atoms with Crippen molar-refractivity contribution in [1.29, 1.82) is 0 Å². The van der Waals surface area contributed by atoms with E-state index in [0.29, 0.717) is 11.3 Å². The second kappa shape index (κ2) is 8.15. The summed E-state index contributed by atoms with van der Waals surface area (Å²) < 4.78 is 5.16. The van der Waals surface area contributed by atoms with Gasteiger partial charge in [-0.2, -0.15) is 5.10 Å². The van der Waals surface area contributed by atoms with Crippen molar-refractivity contribution in [2.24, 2.45) is 5.10 Å². The summed E-state index contributed by atoms with van der Waals surface area (Å²) in [7, 11) is 0. The second-order valence-electron chi connectivity index (χ2n) is 4.68. The third-order valence-corrected chi connectivity index (χ3v) is 2.92. The molecule has 1 amide bonds. The van der Waals surface area contributed by atoms with Crippen molar-refractivity contribution >= 4 is 23.5 Å². The van der Waals surface area contributed by atoms with Crippen LogP contribution in [0.5, 0.6) is 5.75 Å². The number of non-ortho nitro benzene ring substituents is 2. The molecule has 2 aromatic carbocycles. The van der Waals surface area contributed by atoms with Crippen molar-refractivity contribution in [3.63, 3.8) is 0 Å². The largest absolute Gasteiger partial charge is 0.484 e. The topological polar surface area (TPSA) is 137 Å². The monoisotopic (exact) mass is 344 g/mol. The Morgan fingerprint density at radius 2 is 1.52 bits per heavy atom. The Balaban J connectivity index is 1.80. The highest BCUT2D eigenvalue weighted by molar-refractivity contribution is 5.83. The first-order valence-electron chi connectivity index (χ1n) is 6.89. The van der Waals surface area contributed by atoms with E-state index in [9.17, 15) is 25.0 Å². The van der Waals surface area contributed by atoms with Crippen LogP contribution in [0.3, 0.4) is 0 Å². The van der Waals surface area contributed by atoms with E-state index in [1.807, 2.05) is 0 Å². The van der Waals surface area contributed by atoms with Gasteiger partial charge < -0.3 is 4.74 Å². The molecule has 1 N–H and O–H groups in total. The molecule has 0 spiro atoms. The van der Waals surface area contributed by atoms with Gasteiger partial charge in [-0.3, -0.25) is 25.0 Å². The number of benzene rings is 2. The fourth-order valence-corrected chi connectivity index (χ4v) is 1.71. The van der Waals surface area contributed by atoms with E-state index in [2.05, 4.69) is 10.5 Å². The molecule has 128 valence electrons. The molecule has 0 unspecified atom stereocenters. The SMILES string of the molecule is O=C(COc1ccc([N+](=O)[O-])cc1)N/N=C/c1ccc([N+](=O)[O-])cc1. The number of carbonyl (C=O) groups is 1. The lowest BCUT2D eigenvalue weighted by atomic mass is 10.2. The number of nitro groups is 2. The summed E-state index contributed by atoms with van der Waals surface area (Å²) >= 11 is 0. The third kappa shape index (κ3) is 5.39. The van der Waals surface area contributed by atoms with E-state index < -0.39 is 15.8 Å². The van der Waals surface area contributed by atoms with Gasteiger partial charge in [-0.1, -0.05) is 0 Å². The minimum Gasteiger partial charge on any atom is -0.484 e. The summed E-state index contributed by atoms with van der Waals surface area (Å²) in [5, 5.41) is 24.7. The summed E-state index contributed by atoms with van der Waals surface area (Å²) in [5.74, 6) is -0.225. The van der Waals surface area contributed by atoms with Crippen LogP contribution in [0.15, 0.2) is 53.6 Å². The van der Waals surface area contributed by atoms with Gasteiger partial charge in [0.25, 0.3) is 17.3 Å². The van der Waals surface area contributed by atoms with Gasteiger partial charge in [0.2, 0.25) is 0 Å². The number of carbonyl (C=O) groups excluding carboxylic acids is 1. The Kier molecular flexibility index (Phi) is 5.72. The summed E-state index contributed by atoms with van der Waals surface area (Å²) in [6.45, 7) is -0.324. The van der Waals surface area contributed by atoms with Crippen LogP contribution in [-0.4, -0.2) is 28.6 Å². The molecule has 0 fully saturated rings. The molecule has 0 aliphatic heterocycles. The highest BCUT2D eigenvalue weighted by atomic mass is 16.6. The first-order chi connectivity index (χ1) is 12.0. The van der Waals surface area contributed by atoms with Crippen LogP contribution in [0, 0.1) is 20.2 Å². The van der Waals surface area contributed by atoms with Crippen molar-refractivity contribution in [3.8, 4) is 5.75 Å². The minimum absolute atomic E-state index is 0.0438. The van der Waals surface area contributed by atoms with Gasteiger partial charge >= 0.3 is 0 Å². The van der Waals surface area contributed by atoms with Crippen LogP contribution in [0.2, 0.25) is 0 Å². The summed E-state index contributed by atoms with van der Waals surface area (Å²) in [4.78, 5) is 31.6. The highest BCUT2D eigenvalue weighted by Gasteiger charge is 2.06. The van der Waals surface area contributed by atoms with Crippen molar-refractivity contribution in [1.82, 2.24) is 5.43 Å². The average molecular weight is 344 g/mol. The number of hydrazone groups is 1. The lowest BCUT2D eigenvalue weighted by molar-refractivity contribution is -0.385. The predicted molar refractivity (Wildman–Crippen MR) is 87.4 cm³/mol. The van der Waals surface area contributed by atoms with Gasteiger partial charge in [0.15, 0.2) is 6.61 Å².